The van der Waals surface area contributed by atoms with Crippen molar-refractivity contribution in [2.24, 2.45) is 5.10 Å². The molecule has 1 N–H and O–H groups in total. The fraction of sp³-hybridized carbons (Fsp3) is 0.200. The number of amides is 1. The summed E-state index contributed by atoms with van der Waals surface area (Å²) >= 11 is 0. The highest BCUT2D eigenvalue weighted by Crippen LogP contribution is 2.35. The molecule has 0 saturated carbocycles. The first-order chi connectivity index (χ1) is 17.3. The molecular formula is C25H27N3O7S. The molecule has 0 bridgehead atoms. The van der Waals surface area contributed by atoms with Crippen LogP contribution in [0.2, 0.25) is 0 Å². The first kappa shape index (κ1) is 26.4. The number of anilines is 1. The van der Waals surface area contributed by atoms with E-state index in [1.165, 1.54) is 52.9 Å². The number of sulfonamides is 1. The van der Waals surface area contributed by atoms with E-state index in [0.717, 1.165) is 4.31 Å². The summed E-state index contributed by atoms with van der Waals surface area (Å²) in [7, 11) is 1.75. The van der Waals surface area contributed by atoms with Crippen molar-refractivity contribution in [2.45, 2.75) is 4.90 Å². The summed E-state index contributed by atoms with van der Waals surface area (Å²) in [6.45, 7) is -0.565. The summed E-state index contributed by atoms with van der Waals surface area (Å²) in [6, 6.07) is 17.6. The van der Waals surface area contributed by atoms with Gasteiger partial charge in [-0.2, -0.15) is 5.10 Å². The molecule has 0 atom stereocenters. The Morgan fingerprint density at radius 2 is 1.53 bits per heavy atom. The summed E-state index contributed by atoms with van der Waals surface area (Å²) in [6.07, 6.45) is 1.40. The molecule has 0 fully saturated rings. The van der Waals surface area contributed by atoms with Crippen LogP contribution in [-0.4, -0.2) is 55.5 Å². The molecule has 0 saturated heterocycles. The van der Waals surface area contributed by atoms with Crippen LogP contribution in [0.15, 0.2) is 76.7 Å². The van der Waals surface area contributed by atoms with E-state index in [9.17, 15) is 13.2 Å². The lowest BCUT2D eigenvalue weighted by molar-refractivity contribution is -0.119. The van der Waals surface area contributed by atoms with Crippen molar-refractivity contribution in [1.82, 2.24) is 5.43 Å². The zero-order valence-corrected chi connectivity index (χ0v) is 21.1. The number of nitrogens with zero attached hydrogens (tertiary/aromatic N) is 2. The van der Waals surface area contributed by atoms with E-state index in [0.29, 0.717) is 22.8 Å². The van der Waals surface area contributed by atoms with E-state index in [1.54, 1.807) is 48.5 Å². The molecular weight excluding hydrogens is 486 g/mol. The molecule has 10 nitrogen and oxygen atoms in total. The van der Waals surface area contributed by atoms with Gasteiger partial charge in [0.25, 0.3) is 15.9 Å². The Hall–Kier alpha value is -4.25. The molecule has 0 aliphatic heterocycles. The lowest BCUT2D eigenvalue weighted by Crippen LogP contribution is -2.39. The van der Waals surface area contributed by atoms with Crippen molar-refractivity contribution in [2.75, 3.05) is 39.3 Å². The van der Waals surface area contributed by atoms with Gasteiger partial charge in [0.15, 0.2) is 11.5 Å². The Morgan fingerprint density at radius 1 is 0.861 bits per heavy atom. The summed E-state index contributed by atoms with van der Waals surface area (Å²) in [5, 5.41) is 3.95. The maximum Gasteiger partial charge on any atom is 0.264 e. The molecule has 0 aliphatic rings. The molecule has 190 valence electrons. The fourth-order valence-electron chi connectivity index (χ4n) is 3.29. The minimum absolute atomic E-state index is 0.0107. The predicted octanol–water partition coefficient (Wildman–Crippen LogP) is 3.07. The fourth-order valence-corrected chi connectivity index (χ4v) is 4.73. The average molecular weight is 514 g/mol. The molecule has 11 heteroatoms. The quantitative estimate of drug-likeness (QED) is 0.309. The number of carbonyl (C=O) groups is 1. The van der Waals surface area contributed by atoms with Crippen molar-refractivity contribution in [1.29, 1.82) is 0 Å². The maximum atomic E-state index is 13.5. The molecule has 3 aromatic carbocycles. The Balaban J connectivity index is 1.90. The summed E-state index contributed by atoms with van der Waals surface area (Å²) in [5.41, 5.74) is 3.14. The lowest BCUT2D eigenvalue weighted by atomic mass is 10.2. The van der Waals surface area contributed by atoms with Crippen LogP contribution in [0.1, 0.15) is 5.56 Å². The first-order valence-corrected chi connectivity index (χ1v) is 12.1. The van der Waals surface area contributed by atoms with E-state index in [-0.39, 0.29) is 16.3 Å². The minimum Gasteiger partial charge on any atom is -0.497 e. The van der Waals surface area contributed by atoms with Gasteiger partial charge in [-0.3, -0.25) is 9.10 Å². The number of rotatable bonds is 11. The van der Waals surface area contributed by atoms with Crippen LogP contribution < -0.4 is 28.7 Å². The number of benzene rings is 3. The molecule has 0 unspecified atom stereocenters. The number of nitrogens with one attached hydrogen (secondary N) is 1. The van der Waals surface area contributed by atoms with Crippen LogP contribution in [-0.2, 0) is 14.8 Å². The number of hydrogen-bond acceptors (Lipinski definition) is 8. The second-order valence-electron chi connectivity index (χ2n) is 7.27. The second kappa shape index (κ2) is 11.9. The third-order valence-electron chi connectivity index (χ3n) is 5.08. The molecule has 0 aromatic heterocycles. The van der Waals surface area contributed by atoms with Crippen molar-refractivity contribution in [3.8, 4) is 23.0 Å². The maximum absolute atomic E-state index is 13.5. The van der Waals surface area contributed by atoms with Crippen LogP contribution in [0.3, 0.4) is 0 Å². The van der Waals surface area contributed by atoms with Crippen molar-refractivity contribution < 1.29 is 32.2 Å². The van der Waals surface area contributed by atoms with Crippen LogP contribution in [0, 0.1) is 0 Å². The van der Waals surface area contributed by atoms with Gasteiger partial charge in [0.1, 0.15) is 18.0 Å². The van der Waals surface area contributed by atoms with Gasteiger partial charge in [-0.1, -0.05) is 18.2 Å². The molecule has 0 heterocycles. The number of carbonyl (C=O) groups excluding carboxylic acids is 1. The number of ether oxygens (including phenoxy) is 4. The Kier molecular flexibility index (Phi) is 8.74. The molecule has 0 spiro atoms. The van der Waals surface area contributed by atoms with E-state index < -0.39 is 22.5 Å². The van der Waals surface area contributed by atoms with Gasteiger partial charge in [0.05, 0.1) is 45.2 Å². The first-order valence-electron chi connectivity index (χ1n) is 10.7. The zero-order chi connectivity index (χ0) is 26.1. The predicted molar refractivity (Wildman–Crippen MR) is 136 cm³/mol. The highest BCUT2D eigenvalue weighted by molar-refractivity contribution is 7.92. The van der Waals surface area contributed by atoms with Crippen LogP contribution in [0.25, 0.3) is 0 Å². The Labute approximate surface area is 210 Å². The van der Waals surface area contributed by atoms with Crippen LogP contribution >= 0.6 is 0 Å². The highest BCUT2D eigenvalue weighted by Gasteiger charge is 2.29. The zero-order valence-electron chi connectivity index (χ0n) is 20.3. The van der Waals surface area contributed by atoms with Gasteiger partial charge in [-0.05, 0) is 48.0 Å². The van der Waals surface area contributed by atoms with Crippen molar-refractivity contribution >= 4 is 27.8 Å². The van der Waals surface area contributed by atoms with Gasteiger partial charge in [-0.25, -0.2) is 13.8 Å². The van der Waals surface area contributed by atoms with Crippen LogP contribution in [0.4, 0.5) is 5.69 Å². The summed E-state index contributed by atoms with van der Waals surface area (Å²) in [4.78, 5) is 12.8. The summed E-state index contributed by atoms with van der Waals surface area (Å²) < 4.78 is 49.1. The molecule has 3 rings (SSSR count). The Bertz CT molecular complexity index is 1330. The monoisotopic (exact) mass is 513 g/mol. The number of methoxy groups -OCH3 is 4. The van der Waals surface area contributed by atoms with Crippen molar-refractivity contribution in [3.05, 3.63) is 72.3 Å². The second-order valence-corrected chi connectivity index (χ2v) is 9.13. The van der Waals surface area contributed by atoms with Crippen LogP contribution in [0.5, 0.6) is 23.0 Å². The van der Waals surface area contributed by atoms with E-state index in [2.05, 4.69) is 10.5 Å². The summed E-state index contributed by atoms with van der Waals surface area (Å²) in [5.74, 6) is 1.02. The molecule has 0 aliphatic carbocycles. The largest absolute Gasteiger partial charge is 0.497 e. The number of hydrogen-bond donors (Lipinski definition) is 1. The van der Waals surface area contributed by atoms with Gasteiger partial charge < -0.3 is 18.9 Å². The lowest BCUT2D eigenvalue weighted by Gasteiger charge is -2.25. The van der Waals surface area contributed by atoms with Crippen molar-refractivity contribution in [3.63, 3.8) is 0 Å². The minimum atomic E-state index is -4.15. The molecule has 36 heavy (non-hydrogen) atoms. The van der Waals surface area contributed by atoms with E-state index in [4.69, 9.17) is 18.9 Å². The van der Waals surface area contributed by atoms with Gasteiger partial charge >= 0.3 is 0 Å². The standard InChI is InChI=1S/C25H27N3O7S/c1-32-19-11-13-22(33-2)21(15-19)28(36(30,31)20-8-6-5-7-9-20)17-25(29)27-26-16-18-10-12-23(34-3)24(14-18)35-4/h5-16H,17H2,1-4H3,(H,27,29)/b26-16-. The smallest absolute Gasteiger partial charge is 0.264 e. The van der Waals surface area contributed by atoms with Gasteiger partial charge in [0, 0.05) is 6.07 Å². The third-order valence-corrected chi connectivity index (χ3v) is 6.86. The number of hydrazone groups is 1. The molecule has 1 amide bonds. The highest BCUT2D eigenvalue weighted by atomic mass is 32.2. The van der Waals surface area contributed by atoms with Gasteiger partial charge in [0.2, 0.25) is 0 Å². The Morgan fingerprint density at radius 3 is 2.17 bits per heavy atom. The van der Waals surface area contributed by atoms with Gasteiger partial charge in [-0.15, -0.1) is 0 Å². The normalized spacial score (nSPS) is 11.1. The third kappa shape index (κ3) is 6.05. The molecule has 0 radical (unpaired) electrons. The molecule has 3 aromatic rings. The van der Waals surface area contributed by atoms with E-state index in [1.807, 2.05) is 0 Å². The van der Waals surface area contributed by atoms with E-state index >= 15 is 0 Å². The average Bonchev–Trinajstić information content (AvgIpc) is 2.91. The topological polar surface area (TPSA) is 116 Å². The SMILES string of the molecule is COc1ccc(OC)c(N(CC(=O)N/N=C\c2ccc(OC)c(OC)c2)S(=O)(=O)c2ccccc2)c1.